The van der Waals surface area contributed by atoms with E-state index in [1.807, 2.05) is 26.8 Å². The van der Waals surface area contributed by atoms with E-state index in [0.29, 0.717) is 17.1 Å². The normalized spacial score (nSPS) is 14.6. The Hall–Kier alpha value is -3.71. The van der Waals surface area contributed by atoms with Gasteiger partial charge in [-0.15, -0.1) is 0 Å². The van der Waals surface area contributed by atoms with Crippen molar-refractivity contribution in [1.82, 2.24) is 21.3 Å². The Morgan fingerprint density at radius 3 is 2.41 bits per heavy atom. The van der Waals surface area contributed by atoms with Gasteiger partial charge in [-0.05, 0) is 61.8 Å². The summed E-state index contributed by atoms with van der Waals surface area (Å²) in [6.07, 6.45) is 4.31. The fourth-order valence-electron chi connectivity index (χ4n) is 3.72. The van der Waals surface area contributed by atoms with Crippen molar-refractivity contribution in [3.8, 4) is 6.07 Å². The predicted molar refractivity (Wildman–Crippen MR) is 147 cm³/mol. The number of rotatable bonds is 13. The summed E-state index contributed by atoms with van der Waals surface area (Å²) < 4.78 is 0. The van der Waals surface area contributed by atoms with E-state index in [9.17, 15) is 29.2 Å². The smallest absolute Gasteiger partial charge is 0.289 e. The highest BCUT2D eigenvalue weighted by Crippen LogP contribution is 2.22. The van der Waals surface area contributed by atoms with Gasteiger partial charge in [-0.2, -0.15) is 5.26 Å². The van der Waals surface area contributed by atoms with Crippen LogP contribution in [0.1, 0.15) is 70.9 Å². The lowest BCUT2D eigenvalue weighted by Gasteiger charge is -2.27. The average molecular weight is 558 g/mol. The van der Waals surface area contributed by atoms with Gasteiger partial charge >= 0.3 is 0 Å². The van der Waals surface area contributed by atoms with Crippen LogP contribution in [-0.4, -0.2) is 54.1 Å². The van der Waals surface area contributed by atoms with E-state index in [1.54, 1.807) is 19.1 Å². The number of nitrogens with one attached hydrogen (secondary N) is 4. The molecule has 1 aliphatic carbocycles. The molecule has 10 nitrogen and oxygen atoms in total. The molecule has 1 aliphatic rings. The molecule has 11 heteroatoms. The number of carbonyl (C=O) groups excluding carboxylic acids is 5. The van der Waals surface area contributed by atoms with Gasteiger partial charge in [0.1, 0.15) is 6.04 Å². The first-order valence-electron chi connectivity index (χ1n) is 12.9. The molecule has 1 aromatic rings. The van der Waals surface area contributed by atoms with Crippen LogP contribution in [0.4, 0.5) is 0 Å². The first-order valence-corrected chi connectivity index (χ1v) is 13.3. The molecule has 39 heavy (non-hydrogen) atoms. The monoisotopic (exact) mass is 557 g/mol. The number of amides is 4. The molecule has 0 saturated heterocycles. The molecule has 210 valence electrons. The van der Waals surface area contributed by atoms with Crippen LogP contribution in [0.5, 0.6) is 0 Å². The van der Waals surface area contributed by atoms with Crippen LogP contribution in [0.2, 0.25) is 5.02 Å². The zero-order valence-corrected chi connectivity index (χ0v) is 23.5. The zero-order chi connectivity index (χ0) is 29.2. The van der Waals surface area contributed by atoms with E-state index in [-0.39, 0.29) is 42.2 Å². The van der Waals surface area contributed by atoms with Gasteiger partial charge < -0.3 is 21.3 Å². The molecule has 0 aromatic heterocycles. The lowest BCUT2D eigenvalue weighted by molar-refractivity contribution is -0.141. The number of carbonyl (C=O) groups is 5. The fraction of sp³-hybridized carbons (Fsp3) is 0.500. The molecule has 2 unspecified atom stereocenters. The van der Waals surface area contributed by atoms with Crippen LogP contribution in [0.3, 0.4) is 0 Å². The van der Waals surface area contributed by atoms with Gasteiger partial charge in [0, 0.05) is 30.1 Å². The number of nitrogens with zero attached hydrogens (tertiary/aromatic N) is 1. The maximum absolute atomic E-state index is 13.3. The third-order valence-electron chi connectivity index (χ3n) is 5.80. The molecule has 2 atom stereocenters. The molecule has 0 heterocycles. The fourth-order valence-corrected chi connectivity index (χ4v) is 3.89. The molecule has 1 aromatic carbocycles. The van der Waals surface area contributed by atoms with E-state index < -0.39 is 35.6 Å². The Labute approximate surface area is 233 Å². The Morgan fingerprint density at radius 1 is 1.13 bits per heavy atom. The van der Waals surface area contributed by atoms with Crippen LogP contribution in [0.25, 0.3) is 6.08 Å². The Balaban J connectivity index is 2.18. The topological polar surface area (TPSA) is 157 Å². The molecule has 4 N–H and O–H groups in total. The number of hydrogen-bond donors (Lipinski definition) is 4. The highest BCUT2D eigenvalue weighted by atomic mass is 35.5. The molecule has 1 fully saturated rings. The third kappa shape index (κ3) is 11.3. The van der Waals surface area contributed by atoms with E-state index in [1.165, 1.54) is 18.2 Å². The number of nitriles is 1. The summed E-state index contributed by atoms with van der Waals surface area (Å²) in [6, 6.07) is 4.36. The van der Waals surface area contributed by atoms with Crippen LogP contribution in [0.15, 0.2) is 24.3 Å². The predicted octanol–water partition coefficient (Wildman–Crippen LogP) is 2.39. The van der Waals surface area contributed by atoms with Gasteiger partial charge in [-0.1, -0.05) is 38.4 Å². The molecule has 0 radical (unpaired) electrons. The quantitative estimate of drug-likeness (QED) is 0.215. The van der Waals surface area contributed by atoms with Crippen molar-refractivity contribution in [2.45, 2.75) is 77.9 Å². The first-order chi connectivity index (χ1) is 18.3. The van der Waals surface area contributed by atoms with Crippen molar-refractivity contribution in [2.24, 2.45) is 5.41 Å². The Bertz CT molecular complexity index is 1160. The number of hydrogen-bond acceptors (Lipinski definition) is 6. The summed E-state index contributed by atoms with van der Waals surface area (Å²) in [7, 11) is 0. The third-order valence-corrected chi connectivity index (χ3v) is 6.04. The maximum Gasteiger partial charge on any atom is 0.289 e. The summed E-state index contributed by atoms with van der Waals surface area (Å²) in [5.41, 5.74) is 0.382. The second-order valence-corrected chi connectivity index (χ2v) is 11.1. The van der Waals surface area contributed by atoms with Crippen molar-refractivity contribution in [1.29, 1.82) is 5.26 Å². The lowest BCUT2D eigenvalue weighted by Crippen LogP contribution is -2.54. The second kappa shape index (κ2) is 14.4. The van der Waals surface area contributed by atoms with Crippen LogP contribution < -0.4 is 21.3 Å². The van der Waals surface area contributed by atoms with Gasteiger partial charge in [-0.25, -0.2) is 0 Å². The van der Waals surface area contributed by atoms with Crippen LogP contribution >= 0.6 is 11.6 Å². The average Bonchev–Trinajstić information content (AvgIpc) is 3.68. The molecule has 0 bridgehead atoms. The molecule has 4 amide bonds. The van der Waals surface area contributed by atoms with E-state index >= 15 is 0 Å². The number of ketones is 1. The SMILES string of the molecule is CCNC(=O)CCC(NC(=O)C(CC(C)(C)C)NC(=O)/C=C/c1ccc(Cl)cc1C#N)C(=O)C(=O)NC1CC1. The molecule has 0 aliphatic heterocycles. The summed E-state index contributed by atoms with van der Waals surface area (Å²) in [5, 5.41) is 20.2. The highest BCUT2D eigenvalue weighted by molar-refractivity contribution is 6.38. The van der Waals surface area contributed by atoms with Crippen molar-refractivity contribution in [3.63, 3.8) is 0 Å². The zero-order valence-electron chi connectivity index (χ0n) is 22.7. The standard InChI is InChI=1S/C28H36ClN5O5/c1-5-31-23(35)13-11-21(25(37)27(39)32-20-9-10-20)34-26(38)22(15-28(2,3)4)33-24(36)12-7-17-6-8-19(29)14-18(17)16-30/h6-8,12,14,20-22H,5,9-11,13,15H2,1-4H3,(H,31,35)(H,32,39)(H,33,36)(H,34,38)/b12-7+. The molecular weight excluding hydrogens is 522 g/mol. The van der Waals surface area contributed by atoms with Crippen molar-refractivity contribution in [3.05, 3.63) is 40.4 Å². The van der Waals surface area contributed by atoms with Crippen molar-refractivity contribution in [2.75, 3.05) is 6.54 Å². The summed E-state index contributed by atoms with van der Waals surface area (Å²) in [5.74, 6) is -3.20. The molecule has 1 saturated carbocycles. The van der Waals surface area contributed by atoms with E-state index in [2.05, 4.69) is 21.3 Å². The van der Waals surface area contributed by atoms with Gasteiger partial charge in [0.15, 0.2) is 0 Å². The number of benzene rings is 1. The number of halogens is 1. The minimum absolute atomic E-state index is 0.0527. The Morgan fingerprint density at radius 2 is 1.82 bits per heavy atom. The van der Waals surface area contributed by atoms with Gasteiger partial charge in [-0.3, -0.25) is 24.0 Å². The summed E-state index contributed by atoms with van der Waals surface area (Å²) >= 11 is 5.92. The first kappa shape index (κ1) is 31.5. The highest BCUT2D eigenvalue weighted by Gasteiger charge is 2.34. The molecular formula is C28H36ClN5O5. The maximum atomic E-state index is 13.3. The van der Waals surface area contributed by atoms with E-state index in [4.69, 9.17) is 11.6 Å². The lowest BCUT2D eigenvalue weighted by atomic mass is 9.87. The summed E-state index contributed by atoms with van der Waals surface area (Å²) in [6.45, 7) is 7.84. The minimum atomic E-state index is -1.24. The minimum Gasteiger partial charge on any atom is -0.356 e. The van der Waals surface area contributed by atoms with Crippen LogP contribution in [-0.2, 0) is 24.0 Å². The van der Waals surface area contributed by atoms with Crippen molar-refractivity contribution < 1.29 is 24.0 Å². The van der Waals surface area contributed by atoms with Gasteiger partial charge in [0.25, 0.3) is 5.91 Å². The summed E-state index contributed by atoms with van der Waals surface area (Å²) in [4.78, 5) is 63.4. The van der Waals surface area contributed by atoms with E-state index in [0.717, 1.165) is 12.8 Å². The largest absolute Gasteiger partial charge is 0.356 e. The molecule has 0 spiro atoms. The van der Waals surface area contributed by atoms with Gasteiger partial charge in [0.2, 0.25) is 23.5 Å². The van der Waals surface area contributed by atoms with Crippen molar-refractivity contribution >= 4 is 47.1 Å². The Kier molecular flexibility index (Phi) is 11.7. The number of Topliss-reactive ketones (excluding diaryl/α,β-unsaturated/α-hetero) is 1. The van der Waals surface area contributed by atoms with Gasteiger partial charge in [0.05, 0.1) is 17.7 Å². The second-order valence-electron chi connectivity index (χ2n) is 10.7. The van der Waals surface area contributed by atoms with Crippen LogP contribution in [0, 0.1) is 16.7 Å². The molecule has 2 rings (SSSR count).